The van der Waals surface area contributed by atoms with Crippen LogP contribution in [0.2, 0.25) is 0 Å². The van der Waals surface area contributed by atoms with Crippen molar-refractivity contribution in [3.05, 3.63) is 77.4 Å². The third kappa shape index (κ3) is 4.56. The van der Waals surface area contributed by atoms with Crippen LogP contribution in [0, 0.1) is 0 Å². The molecule has 124 valence electrons. The largest absolute Gasteiger partial charge is 0.458 e. The first-order valence-electron chi connectivity index (χ1n) is 7.69. The fraction of sp³-hybridized carbons (Fsp3) is 0.200. The Hall–Kier alpha value is -2.88. The smallest absolute Gasteiger partial charge is 0.331 e. The molecule has 0 atom stereocenters. The van der Waals surface area contributed by atoms with Crippen molar-refractivity contribution in [3.63, 3.8) is 0 Å². The standard InChI is InChI=1S/C20H21NO3/c1-20(2,19(21)23)17-10-6-9-15(13-17)11-12-18(22)24-14-16-7-4-3-5-8-16/h3-13H,14H2,1-2H3,(H2,21,23)/b12-11+. The van der Waals surface area contributed by atoms with Gasteiger partial charge >= 0.3 is 5.97 Å². The Balaban J connectivity index is 2.01. The van der Waals surface area contributed by atoms with Crippen LogP contribution in [-0.4, -0.2) is 11.9 Å². The predicted molar refractivity (Wildman–Crippen MR) is 93.9 cm³/mol. The van der Waals surface area contributed by atoms with E-state index in [1.807, 2.05) is 54.6 Å². The monoisotopic (exact) mass is 323 g/mol. The Kier molecular flexibility index (Phi) is 5.53. The molecule has 2 aromatic carbocycles. The van der Waals surface area contributed by atoms with Gasteiger partial charge < -0.3 is 10.5 Å². The number of esters is 1. The SMILES string of the molecule is CC(C)(C(N)=O)c1cccc(/C=C/C(=O)OCc2ccccc2)c1. The molecule has 0 heterocycles. The predicted octanol–water partition coefficient (Wildman–Crippen LogP) is 3.21. The minimum absolute atomic E-state index is 0.235. The molecule has 0 saturated heterocycles. The van der Waals surface area contributed by atoms with Crippen molar-refractivity contribution in [2.45, 2.75) is 25.9 Å². The number of carbonyl (C=O) groups is 2. The van der Waals surface area contributed by atoms with Crippen LogP contribution in [0.25, 0.3) is 6.08 Å². The lowest BCUT2D eigenvalue weighted by atomic mass is 9.83. The summed E-state index contributed by atoms with van der Waals surface area (Å²) in [6.07, 6.45) is 3.03. The number of hydrogen-bond acceptors (Lipinski definition) is 3. The zero-order chi connectivity index (χ0) is 17.6. The zero-order valence-corrected chi connectivity index (χ0v) is 13.9. The minimum Gasteiger partial charge on any atom is -0.458 e. The molecule has 0 aliphatic carbocycles. The molecule has 0 unspecified atom stereocenters. The van der Waals surface area contributed by atoms with E-state index in [2.05, 4.69) is 0 Å². The van der Waals surface area contributed by atoms with Crippen LogP contribution in [0.4, 0.5) is 0 Å². The summed E-state index contributed by atoms with van der Waals surface area (Å²) in [7, 11) is 0. The average molecular weight is 323 g/mol. The fourth-order valence-corrected chi connectivity index (χ4v) is 2.11. The van der Waals surface area contributed by atoms with E-state index in [0.717, 1.165) is 16.7 Å². The summed E-state index contributed by atoms with van der Waals surface area (Å²) in [4.78, 5) is 23.3. The van der Waals surface area contributed by atoms with Crippen LogP contribution in [0.15, 0.2) is 60.7 Å². The topological polar surface area (TPSA) is 69.4 Å². The molecular weight excluding hydrogens is 302 g/mol. The summed E-state index contributed by atoms with van der Waals surface area (Å²) >= 11 is 0. The molecule has 0 fully saturated rings. The summed E-state index contributed by atoms with van der Waals surface area (Å²) in [6.45, 7) is 3.78. The summed E-state index contributed by atoms with van der Waals surface area (Å²) < 4.78 is 5.19. The third-order valence-electron chi connectivity index (χ3n) is 3.86. The summed E-state index contributed by atoms with van der Waals surface area (Å²) in [6, 6.07) is 16.8. The molecule has 0 aromatic heterocycles. The Morgan fingerprint density at radius 2 is 1.79 bits per heavy atom. The highest BCUT2D eigenvalue weighted by atomic mass is 16.5. The lowest BCUT2D eigenvalue weighted by Crippen LogP contribution is -2.35. The van der Waals surface area contributed by atoms with Gasteiger partial charge in [0.2, 0.25) is 5.91 Å². The Labute approximate surface area is 141 Å². The molecule has 2 N–H and O–H groups in total. The summed E-state index contributed by atoms with van der Waals surface area (Å²) in [5.74, 6) is -0.815. The molecule has 0 aliphatic rings. The first-order chi connectivity index (χ1) is 11.4. The van der Waals surface area contributed by atoms with Gasteiger partial charge in [0.25, 0.3) is 0 Å². The molecule has 2 rings (SSSR count). The second-order valence-corrected chi connectivity index (χ2v) is 6.04. The van der Waals surface area contributed by atoms with Crippen molar-refractivity contribution in [2.75, 3.05) is 0 Å². The first kappa shape index (κ1) is 17.5. The van der Waals surface area contributed by atoms with E-state index >= 15 is 0 Å². The molecule has 0 aliphatic heterocycles. The third-order valence-corrected chi connectivity index (χ3v) is 3.86. The second kappa shape index (κ2) is 7.59. The Morgan fingerprint density at radius 1 is 1.08 bits per heavy atom. The van der Waals surface area contributed by atoms with Gasteiger partial charge in [-0.25, -0.2) is 4.79 Å². The molecule has 0 spiro atoms. The van der Waals surface area contributed by atoms with Crippen molar-refractivity contribution in [3.8, 4) is 0 Å². The van der Waals surface area contributed by atoms with Gasteiger partial charge in [0, 0.05) is 6.08 Å². The van der Waals surface area contributed by atoms with Gasteiger partial charge in [-0.2, -0.15) is 0 Å². The van der Waals surface area contributed by atoms with Gasteiger partial charge in [-0.3, -0.25) is 4.79 Å². The van der Waals surface area contributed by atoms with Crippen LogP contribution in [-0.2, 0) is 26.3 Å². The quantitative estimate of drug-likeness (QED) is 0.655. The van der Waals surface area contributed by atoms with Crippen LogP contribution >= 0.6 is 0 Å². The van der Waals surface area contributed by atoms with Gasteiger partial charge in [-0.15, -0.1) is 0 Å². The lowest BCUT2D eigenvalue weighted by molar-refractivity contribution is -0.138. The van der Waals surface area contributed by atoms with E-state index in [1.54, 1.807) is 19.9 Å². The van der Waals surface area contributed by atoms with Gasteiger partial charge in [0.05, 0.1) is 5.41 Å². The summed E-state index contributed by atoms with van der Waals surface area (Å²) in [5, 5.41) is 0. The highest BCUT2D eigenvalue weighted by Crippen LogP contribution is 2.23. The normalized spacial score (nSPS) is 11.4. The molecule has 0 radical (unpaired) electrons. The molecule has 24 heavy (non-hydrogen) atoms. The molecular formula is C20H21NO3. The van der Waals surface area contributed by atoms with Crippen LogP contribution in [0.5, 0.6) is 0 Å². The number of carbonyl (C=O) groups excluding carboxylic acids is 2. The zero-order valence-electron chi connectivity index (χ0n) is 13.9. The van der Waals surface area contributed by atoms with Crippen LogP contribution in [0.1, 0.15) is 30.5 Å². The molecule has 4 heteroatoms. The van der Waals surface area contributed by atoms with E-state index in [1.165, 1.54) is 6.08 Å². The van der Waals surface area contributed by atoms with Crippen molar-refractivity contribution >= 4 is 18.0 Å². The van der Waals surface area contributed by atoms with Crippen molar-refractivity contribution in [1.29, 1.82) is 0 Å². The number of rotatable bonds is 6. The van der Waals surface area contributed by atoms with Gasteiger partial charge in [0.15, 0.2) is 0 Å². The fourth-order valence-electron chi connectivity index (χ4n) is 2.11. The Morgan fingerprint density at radius 3 is 2.46 bits per heavy atom. The number of ether oxygens (including phenoxy) is 1. The molecule has 4 nitrogen and oxygen atoms in total. The second-order valence-electron chi connectivity index (χ2n) is 6.04. The maximum Gasteiger partial charge on any atom is 0.331 e. The molecule has 0 bridgehead atoms. The molecule has 1 amide bonds. The van der Waals surface area contributed by atoms with Crippen molar-refractivity contribution in [2.24, 2.45) is 5.73 Å². The van der Waals surface area contributed by atoms with Crippen LogP contribution in [0.3, 0.4) is 0 Å². The van der Waals surface area contributed by atoms with E-state index in [4.69, 9.17) is 10.5 Å². The van der Waals surface area contributed by atoms with E-state index < -0.39 is 17.3 Å². The van der Waals surface area contributed by atoms with E-state index in [-0.39, 0.29) is 6.61 Å². The molecule has 2 aromatic rings. The number of hydrogen-bond donors (Lipinski definition) is 1. The van der Waals surface area contributed by atoms with Crippen molar-refractivity contribution in [1.82, 2.24) is 0 Å². The van der Waals surface area contributed by atoms with E-state index in [0.29, 0.717) is 0 Å². The van der Waals surface area contributed by atoms with Gasteiger partial charge in [-0.1, -0.05) is 54.6 Å². The number of nitrogens with two attached hydrogens (primary N) is 1. The minimum atomic E-state index is -0.766. The maximum atomic E-state index is 11.8. The average Bonchev–Trinajstić information content (AvgIpc) is 2.59. The number of benzene rings is 2. The van der Waals surface area contributed by atoms with Gasteiger partial charge in [0.1, 0.15) is 6.61 Å². The first-order valence-corrected chi connectivity index (χ1v) is 7.69. The highest BCUT2D eigenvalue weighted by molar-refractivity contribution is 5.88. The van der Waals surface area contributed by atoms with Crippen LogP contribution < -0.4 is 5.73 Å². The van der Waals surface area contributed by atoms with Gasteiger partial charge in [-0.05, 0) is 36.6 Å². The van der Waals surface area contributed by atoms with E-state index in [9.17, 15) is 9.59 Å². The number of primary amides is 1. The number of amides is 1. The molecule has 0 saturated carbocycles. The summed E-state index contributed by atoms with van der Waals surface area (Å²) in [5.41, 5.74) is 7.21. The maximum absolute atomic E-state index is 11.8. The van der Waals surface area contributed by atoms with Crippen molar-refractivity contribution < 1.29 is 14.3 Å². The lowest BCUT2D eigenvalue weighted by Gasteiger charge is -2.21. The highest BCUT2D eigenvalue weighted by Gasteiger charge is 2.27. The Bertz CT molecular complexity index is 748.